The number of furan rings is 1. The number of nitrogens with two attached hydrogens (primary N) is 1. The molecule has 0 aliphatic carbocycles. The first-order valence-corrected chi connectivity index (χ1v) is 9.41. The van der Waals surface area contributed by atoms with Crippen LogP contribution in [-0.2, 0) is 4.79 Å². The van der Waals surface area contributed by atoms with Crippen molar-refractivity contribution in [2.45, 2.75) is 31.2 Å². The third kappa shape index (κ3) is 3.22. The monoisotopic (exact) mass is 384 g/mol. The molecule has 3 heterocycles. The van der Waals surface area contributed by atoms with Crippen molar-refractivity contribution in [2.75, 3.05) is 26.2 Å². The molecule has 0 spiro atoms. The Balaban J connectivity index is 1.51. The fourth-order valence-electron chi connectivity index (χ4n) is 4.30. The van der Waals surface area contributed by atoms with Gasteiger partial charge in [-0.1, -0.05) is 0 Å². The van der Waals surface area contributed by atoms with Crippen LogP contribution in [0.1, 0.15) is 41.3 Å². The zero-order valence-corrected chi connectivity index (χ0v) is 15.4. The first-order valence-electron chi connectivity index (χ1n) is 9.41. The molecule has 4 rings (SSSR count). The minimum absolute atomic E-state index is 0.0495. The highest BCUT2D eigenvalue weighted by Crippen LogP contribution is 2.36. The van der Waals surface area contributed by atoms with Crippen LogP contribution in [0, 0.1) is 17.1 Å². The van der Waals surface area contributed by atoms with Crippen molar-refractivity contribution in [2.24, 2.45) is 5.73 Å². The molecule has 2 aromatic rings. The molecule has 2 saturated heterocycles. The molecule has 28 heavy (non-hydrogen) atoms. The van der Waals surface area contributed by atoms with E-state index in [9.17, 15) is 14.0 Å². The highest BCUT2D eigenvalue weighted by molar-refractivity contribution is 6.06. The average Bonchev–Trinajstić information content (AvgIpc) is 3.38. The molecule has 2 amide bonds. The van der Waals surface area contributed by atoms with E-state index in [1.807, 2.05) is 4.90 Å². The molecule has 2 fully saturated rings. The molecule has 0 bridgehead atoms. The van der Waals surface area contributed by atoms with Crippen LogP contribution in [0.2, 0.25) is 0 Å². The van der Waals surface area contributed by atoms with E-state index < -0.39 is 11.7 Å². The Hall–Kier alpha value is -2.92. The lowest BCUT2D eigenvalue weighted by Gasteiger charge is -2.23. The number of primary amides is 1. The van der Waals surface area contributed by atoms with Gasteiger partial charge in [0, 0.05) is 24.4 Å². The summed E-state index contributed by atoms with van der Waals surface area (Å²) in [5.41, 5.74) is 6.19. The van der Waals surface area contributed by atoms with Crippen molar-refractivity contribution in [1.29, 1.82) is 5.26 Å². The lowest BCUT2D eigenvalue weighted by Crippen LogP contribution is -2.41. The van der Waals surface area contributed by atoms with E-state index in [4.69, 9.17) is 15.4 Å². The minimum Gasteiger partial charge on any atom is -0.460 e. The van der Waals surface area contributed by atoms with Gasteiger partial charge in [-0.2, -0.15) is 5.26 Å². The number of nitrogens with zero attached hydrogens (tertiary/aromatic N) is 3. The summed E-state index contributed by atoms with van der Waals surface area (Å²) in [6.07, 6.45) is 2.28. The van der Waals surface area contributed by atoms with Gasteiger partial charge >= 0.3 is 0 Å². The molecule has 1 aromatic carbocycles. The minimum atomic E-state index is -0.650. The van der Waals surface area contributed by atoms with E-state index in [-0.39, 0.29) is 30.0 Å². The SMILES string of the molecule is N#CC1CCCN1C(=O)CN1CCC(c2oc3ccc(F)cc3c2C(N)=O)C1. The highest BCUT2D eigenvalue weighted by atomic mass is 19.1. The second-order valence-electron chi connectivity index (χ2n) is 7.44. The van der Waals surface area contributed by atoms with Gasteiger partial charge in [-0.15, -0.1) is 0 Å². The Bertz CT molecular complexity index is 980. The van der Waals surface area contributed by atoms with Gasteiger partial charge in [-0.25, -0.2) is 4.39 Å². The number of halogens is 1. The number of hydrogen-bond acceptors (Lipinski definition) is 5. The van der Waals surface area contributed by atoms with Gasteiger partial charge in [0.1, 0.15) is 23.2 Å². The summed E-state index contributed by atoms with van der Waals surface area (Å²) < 4.78 is 19.5. The Kier molecular flexibility index (Phi) is 4.77. The zero-order valence-electron chi connectivity index (χ0n) is 15.4. The maximum absolute atomic E-state index is 13.6. The molecular formula is C20H21FN4O3. The van der Waals surface area contributed by atoms with E-state index >= 15 is 0 Å². The largest absolute Gasteiger partial charge is 0.460 e. The predicted molar refractivity (Wildman–Crippen MR) is 98.8 cm³/mol. The van der Waals surface area contributed by atoms with Crippen LogP contribution in [0.25, 0.3) is 11.0 Å². The van der Waals surface area contributed by atoms with Crippen molar-refractivity contribution in [3.8, 4) is 6.07 Å². The molecule has 2 aliphatic heterocycles. The van der Waals surface area contributed by atoms with Crippen LogP contribution in [0.3, 0.4) is 0 Å². The first-order chi connectivity index (χ1) is 13.5. The van der Waals surface area contributed by atoms with Gasteiger partial charge in [0.15, 0.2) is 0 Å². The molecule has 2 unspecified atom stereocenters. The van der Waals surface area contributed by atoms with E-state index in [0.717, 1.165) is 12.8 Å². The molecule has 2 atom stereocenters. The molecule has 8 heteroatoms. The van der Waals surface area contributed by atoms with Crippen LogP contribution in [0.4, 0.5) is 4.39 Å². The number of nitriles is 1. The van der Waals surface area contributed by atoms with Crippen molar-refractivity contribution >= 4 is 22.8 Å². The maximum atomic E-state index is 13.6. The van der Waals surface area contributed by atoms with Gasteiger partial charge in [-0.05, 0) is 44.0 Å². The fourth-order valence-corrected chi connectivity index (χ4v) is 4.30. The van der Waals surface area contributed by atoms with Crippen molar-refractivity contribution in [3.05, 3.63) is 35.3 Å². The van der Waals surface area contributed by atoms with Gasteiger partial charge < -0.3 is 15.1 Å². The quantitative estimate of drug-likeness (QED) is 0.868. The number of hydrogen-bond donors (Lipinski definition) is 1. The van der Waals surface area contributed by atoms with Crippen molar-refractivity contribution in [1.82, 2.24) is 9.80 Å². The van der Waals surface area contributed by atoms with Crippen LogP contribution in [0.5, 0.6) is 0 Å². The summed E-state index contributed by atoms with van der Waals surface area (Å²) in [6.45, 7) is 2.06. The van der Waals surface area contributed by atoms with Gasteiger partial charge in [0.05, 0.1) is 18.2 Å². The lowest BCUT2D eigenvalue weighted by molar-refractivity contribution is -0.132. The smallest absolute Gasteiger partial charge is 0.252 e. The molecular weight excluding hydrogens is 363 g/mol. The Labute approximate surface area is 161 Å². The normalized spacial score (nSPS) is 22.6. The molecule has 0 saturated carbocycles. The number of likely N-dealkylation sites (tertiary alicyclic amines) is 2. The third-order valence-corrected chi connectivity index (χ3v) is 5.65. The number of benzene rings is 1. The first kappa shape index (κ1) is 18.4. The van der Waals surface area contributed by atoms with Crippen molar-refractivity contribution < 1.29 is 18.4 Å². The molecule has 7 nitrogen and oxygen atoms in total. The van der Waals surface area contributed by atoms with E-state index in [0.29, 0.717) is 42.8 Å². The van der Waals surface area contributed by atoms with Crippen LogP contribution < -0.4 is 5.73 Å². The van der Waals surface area contributed by atoms with Crippen LogP contribution in [0.15, 0.2) is 22.6 Å². The number of amides is 2. The van der Waals surface area contributed by atoms with E-state index in [1.165, 1.54) is 18.2 Å². The number of rotatable bonds is 4. The highest BCUT2D eigenvalue weighted by Gasteiger charge is 2.34. The fraction of sp³-hybridized carbons (Fsp3) is 0.450. The Morgan fingerprint density at radius 3 is 2.89 bits per heavy atom. The topological polar surface area (TPSA) is 104 Å². The summed E-state index contributed by atoms with van der Waals surface area (Å²) in [5.74, 6) is -0.803. The standard InChI is InChI=1S/C20H21FN4O3/c21-13-3-4-16-15(8-13)18(20(23)27)19(28-16)12-5-7-24(10-12)11-17(26)25-6-1-2-14(25)9-22/h3-4,8,12,14H,1-2,5-7,10-11H2,(H2,23,27). The second-order valence-corrected chi connectivity index (χ2v) is 7.44. The average molecular weight is 384 g/mol. The summed E-state index contributed by atoms with van der Waals surface area (Å²) in [6, 6.07) is 5.88. The van der Waals surface area contributed by atoms with Gasteiger partial charge in [0.25, 0.3) is 5.91 Å². The summed E-state index contributed by atoms with van der Waals surface area (Å²) in [7, 11) is 0. The van der Waals surface area contributed by atoms with E-state index in [2.05, 4.69) is 6.07 Å². The third-order valence-electron chi connectivity index (χ3n) is 5.65. The molecule has 2 N–H and O–H groups in total. The number of carbonyl (C=O) groups is 2. The van der Waals surface area contributed by atoms with Gasteiger partial charge in [0.2, 0.25) is 5.91 Å². The zero-order chi connectivity index (χ0) is 19.8. The second kappa shape index (κ2) is 7.24. The summed E-state index contributed by atoms with van der Waals surface area (Å²) in [5, 5.41) is 9.55. The maximum Gasteiger partial charge on any atom is 0.252 e. The molecule has 0 radical (unpaired) electrons. The molecule has 146 valence electrons. The number of carbonyl (C=O) groups excluding carboxylic acids is 2. The summed E-state index contributed by atoms with van der Waals surface area (Å²) in [4.78, 5) is 28.2. The Morgan fingerprint density at radius 2 is 2.14 bits per heavy atom. The molecule has 1 aromatic heterocycles. The van der Waals surface area contributed by atoms with Crippen LogP contribution in [-0.4, -0.2) is 53.8 Å². The van der Waals surface area contributed by atoms with E-state index in [1.54, 1.807) is 4.90 Å². The lowest BCUT2D eigenvalue weighted by atomic mass is 9.99. The Morgan fingerprint density at radius 1 is 1.32 bits per heavy atom. The van der Waals surface area contributed by atoms with Crippen LogP contribution >= 0.6 is 0 Å². The number of fused-ring (bicyclic) bond motifs is 1. The van der Waals surface area contributed by atoms with Gasteiger partial charge in [-0.3, -0.25) is 14.5 Å². The van der Waals surface area contributed by atoms with Crippen molar-refractivity contribution in [3.63, 3.8) is 0 Å². The summed E-state index contributed by atoms with van der Waals surface area (Å²) >= 11 is 0. The molecule has 2 aliphatic rings. The predicted octanol–water partition coefficient (Wildman–Crippen LogP) is 1.97.